The predicted molar refractivity (Wildman–Crippen MR) is 161 cm³/mol. The fourth-order valence-corrected chi connectivity index (χ4v) is 5.22. The molecule has 2 aromatic rings. The minimum atomic E-state index is -0.432. The highest BCUT2D eigenvalue weighted by Crippen LogP contribution is 2.39. The molecule has 1 atom stereocenters. The Balaban J connectivity index is 1.64. The Labute approximate surface area is 249 Å². The zero-order chi connectivity index (χ0) is 30.3. The number of amides is 2. The first kappa shape index (κ1) is 31.3. The molecule has 0 unspecified atom stereocenters. The number of rotatable bonds is 11. The van der Waals surface area contributed by atoms with E-state index in [2.05, 4.69) is 4.90 Å². The molecule has 228 valence electrons. The number of hydrogen-bond donors (Lipinski definition) is 0. The molecule has 2 aliphatic heterocycles. The number of hydrazone groups is 1. The Bertz CT molecular complexity index is 1250. The van der Waals surface area contributed by atoms with Crippen LogP contribution in [-0.4, -0.2) is 99.6 Å². The van der Waals surface area contributed by atoms with Gasteiger partial charge in [0.2, 0.25) is 5.91 Å². The monoisotopic (exact) mass is 580 g/mol. The first-order valence-electron chi connectivity index (χ1n) is 14.5. The molecule has 0 bridgehead atoms. The van der Waals surface area contributed by atoms with E-state index in [0.717, 1.165) is 35.7 Å². The summed E-state index contributed by atoms with van der Waals surface area (Å²) in [6, 6.07) is 12.7. The molecule has 1 fully saturated rings. The number of ether oxygens (including phenoxy) is 4. The first-order valence-corrected chi connectivity index (χ1v) is 14.5. The molecule has 0 saturated carbocycles. The number of carbonyl (C=O) groups excluding carboxylic acids is 2. The van der Waals surface area contributed by atoms with Crippen LogP contribution in [0.3, 0.4) is 0 Å². The number of carbonyl (C=O) groups is 2. The van der Waals surface area contributed by atoms with Crippen molar-refractivity contribution >= 4 is 17.5 Å². The van der Waals surface area contributed by atoms with Gasteiger partial charge in [0, 0.05) is 44.6 Å². The van der Waals surface area contributed by atoms with Crippen LogP contribution in [0.4, 0.5) is 0 Å². The molecule has 1 saturated heterocycles. The van der Waals surface area contributed by atoms with Crippen molar-refractivity contribution in [2.45, 2.75) is 39.7 Å². The summed E-state index contributed by atoms with van der Waals surface area (Å²) < 4.78 is 22.0. The van der Waals surface area contributed by atoms with Crippen molar-refractivity contribution in [3.05, 3.63) is 53.6 Å². The second kappa shape index (κ2) is 14.0. The highest BCUT2D eigenvalue weighted by atomic mass is 16.5. The number of hydrogen-bond acceptors (Lipinski definition) is 8. The van der Waals surface area contributed by atoms with Gasteiger partial charge >= 0.3 is 0 Å². The van der Waals surface area contributed by atoms with Crippen molar-refractivity contribution in [2.75, 3.05) is 67.3 Å². The lowest BCUT2D eigenvalue weighted by molar-refractivity contribution is -0.142. The van der Waals surface area contributed by atoms with E-state index in [-0.39, 0.29) is 23.8 Å². The number of nitrogens with zero attached hydrogens (tertiary/aromatic N) is 4. The van der Waals surface area contributed by atoms with Gasteiger partial charge in [0.15, 0.2) is 0 Å². The van der Waals surface area contributed by atoms with E-state index < -0.39 is 6.04 Å². The van der Waals surface area contributed by atoms with Crippen LogP contribution < -0.4 is 14.2 Å². The predicted octanol–water partition coefficient (Wildman–Crippen LogP) is 3.99. The molecular formula is C32H44N4O6. The minimum absolute atomic E-state index is 0.0434. The van der Waals surface area contributed by atoms with Crippen molar-refractivity contribution < 1.29 is 28.5 Å². The van der Waals surface area contributed by atoms with Crippen LogP contribution in [0.5, 0.6) is 17.2 Å². The topological polar surface area (TPSA) is 93.1 Å². The van der Waals surface area contributed by atoms with E-state index in [4.69, 9.17) is 24.0 Å². The SMILES string of the molecule is COc1ccc(C2=NN(C(=O)CN(CCN3CCOCC3)C(=O)CC(C)(C)C)[C@@H](c3cc(OC)ccc3OC)C2)cc1. The quantitative estimate of drug-likeness (QED) is 0.397. The third-order valence-corrected chi connectivity index (χ3v) is 7.54. The maximum absolute atomic E-state index is 14.1. The maximum Gasteiger partial charge on any atom is 0.262 e. The molecule has 4 rings (SSSR count). The van der Waals surface area contributed by atoms with Crippen LogP contribution in [0.2, 0.25) is 0 Å². The van der Waals surface area contributed by atoms with Gasteiger partial charge in [0.25, 0.3) is 5.91 Å². The average molecular weight is 581 g/mol. The molecule has 2 aromatic carbocycles. The fourth-order valence-electron chi connectivity index (χ4n) is 5.22. The van der Waals surface area contributed by atoms with E-state index >= 15 is 0 Å². The standard InChI is InChI=1S/C32H44N4O6/c1-32(2,3)21-30(37)35(14-13-34-15-17-42-18-16-34)22-31(38)36-28(26-19-25(40-5)11-12-29(26)41-6)20-27(33-36)23-7-9-24(39-4)10-8-23/h7-12,19,28H,13-18,20-22H2,1-6H3/t28-/m1/s1. The van der Waals surface area contributed by atoms with E-state index in [1.54, 1.807) is 26.2 Å². The van der Waals surface area contributed by atoms with Crippen molar-refractivity contribution in [3.8, 4) is 17.2 Å². The van der Waals surface area contributed by atoms with Gasteiger partial charge in [0.1, 0.15) is 23.8 Å². The molecule has 0 N–H and O–H groups in total. The number of benzene rings is 2. The molecule has 2 amide bonds. The summed E-state index contributed by atoms with van der Waals surface area (Å²) in [4.78, 5) is 31.5. The normalized spacial score (nSPS) is 17.5. The van der Waals surface area contributed by atoms with E-state index in [1.807, 2.05) is 63.2 Å². The maximum atomic E-state index is 14.1. The zero-order valence-electron chi connectivity index (χ0n) is 25.7. The second-order valence-corrected chi connectivity index (χ2v) is 11.8. The van der Waals surface area contributed by atoms with E-state index in [9.17, 15) is 9.59 Å². The Morgan fingerprint density at radius 2 is 1.64 bits per heavy atom. The lowest BCUT2D eigenvalue weighted by atomic mass is 9.91. The Morgan fingerprint density at radius 1 is 0.976 bits per heavy atom. The van der Waals surface area contributed by atoms with Gasteiger partial charge in [-0.25, -0.2) is 5.01 Å². The fraction of sp³-hybridized carbons (Fsp3) is 0.531. The summed E-state index contributed by atoms with van der Waals surface area (Å²) in [5.74, 6) is 1.74. The van der Waals surface area contributed by atoms with Crippen LogP contribution >= 0.6 is 0 Å². The van der Waals surface area contributed by atoms with Gasteiger partial charge < -0.3 is 23.8 Å². The van der Waals surface area contributed by atoms with E-state index in [1.165, 1.54) is 5.01 Å². The summed E-state index contributed by atoms with van der Waals surface area (Å²) in [5, 5.41) is 6.35. The van der Waals surface area contributed by atoms with Crippen LogP contribution in [0.1, 0.15) is 50.8 Å². The third-order valence-electron chi connectivity index (χ3n) is 7.54. The highest BCUT2D eigenvalue weighted by molar-refractivity contribution is 6.03. The smallest absolute Gasteiger partial charge is 0.262 e. The largest absolute Gasteiger partial charge is 0.497 e. The second-order valence-electron chi connectivity index (χ2n) is 11.8. The minimum Gasteiger partial charge on any atom is -0.497 e. The molecule has 10 heteroatoms. The van der Waals surface area contributed by atoms with Crippen molar-refractivity contribution in [1.82, 2.24) is 14.8 Å². The number of morpholine rings is 1. The summed E-state index contributed by atoms with van der Waals surface area (Å²) in [7, 11) is 4.84. The van der Waals surface area contributed by atoms with Crippen LogP contribution in [0.15, 0.2) is 47.6 Å². The Hall–Kier alpha value is -3.63. The highest BCUT2D eigenvalue weighted by Gasteiger charge is 2.36. The summed E-state index contributed by atoms with van der Waals surface area (Å²) in [6.07, 6.45) is 0.822. The number of methoxy groups -OCH3 is 3. The van der Waals surface area contributed by atoms with E-state index in [0.29, 0.717) is 50.6 Å². The molecular weight excluding hydrogens is 536 g/mol. The average Bonchev–Trinajstić information content (AvgIpc) is 3.44. The molecule has 10 nitrogen and oxygen atoms in total. The summed E-state index contributed by atoms with van der Waals surface area (Å²) in [6.45, 7) is 10.1. The molecule has 2 aliphatic rings. The Kier molecular flexibility index (Phi) is 10.5. The summed E-state index contributed by atoms with van der Waals surface area (Å²) >= 11 is 0. The zero-order valence-corrected chi connectivity index (χ0v) is 25.7. The molecule has 0 spiro atoms. The first-order chi connectivity index (χ1) is 20.1. The van der Waals surface area contributed by atoms with Gasteiger partial charge in [-0.2, -0.15) is 5.10 Å². The molecule has 2 heterocycles. The van der Waals surface area contributed by atoms with Crippen molar-refractivity contribution in [2.24, 2.45) is 10.5 Å². The molecule has 0 radical (unpaired) electrons. The molecule has 0 aliphatic carbocycles. The van der Waals surface area contributed by atoms with Gasteiger partial charge in [0.05, 0.1) is 46.3 Å². The van der Waals surface area contributed by atoms with Gasteiger partial charge in [-0.05, 0) is 53.4 Å². The van der Waals surface area contributed by atoms with Gasteiger partial charge in [-0.1, -0.05) is 20.8 Å². The van der Waals surface area contributed by atoms with Gasteiger partial charge in [-0.15, -0.1) is 0 Å². The molecule has 42 heavy (non-hydrogen) atoms. The molecule has 0 aromatic heterocycles. The van der Waals surface area contributed by atoms with Crippen molar-refractivity contribution in [1.29, 1.82) is 0 Å². The lowest BCUT2D eigenvalue weighted by Crippen LogP contribution is -2.47. The Morgan fingerprint density at radius 3 is 2.26 bits per heavy atom. The van der Waals surface area contributed by atoms with Crippen LogP contribution in [0.25, 0.3) is 0 Å². The summed E-state index contributed by atoms with van der Waals surface area (Å²) in [5.41, 5.74) is 2.24. The van der Waals surface area contributed by atoms with Crippen molar-refractivity contribution in [3.63, 3.8) is 0 Å². The van der Waals surface area contributed by atoms with Crippen LogP contribution in [0, 0.1) is 5.41 Å². The lowest BCUT2D eigenvalue weighted by Gasteiger charge is -2.32. The van der Waals surface area contributed by atoms with Gasteiger partial charge in [-0.3, -0.25) is 14.5 Å². The van der Waals surface area contributed by atoms with Crippen LogP contribution in [-0.2, 0) is 14.3 Å². The third kappa shape index (κ3) is 8.01.